The van der Waals surface area contributed by atoms with Gasteiger partial charge in [-0.15, -0.1) is 0 Å². The number of hydrogen-bond donors (Lipinski definition) is 2. The summed E-state index contributed by atoms with van der Waals surface area (Å²) in [5.41, 5.74) is 0.530. The van der Waals surface area contributed by atoms with Crippen LogP contribution >= 0.6 is 0 Å². The van der Waals surface area contributed by atoms with Gasteiger partial charge in [0.25, 0.3) is 5.56 Å². The average Bonchev–Trinajstić information content (AvgIpc) is 2.36. The Balaban J connectivity index is 2.47. The van der Waals surface area contributed by atoms with Crippen LogP contribution in [0.4, 0.5) is 4.39 Å². The van der Waals surface area contributed by atoms with Gasteiger partial charge in [0.1, 0.15) is 5.82 Å². The summed E-state index contributed by atoms with van der Waals surface area (Å²) in [5.74, 6) is 0.0601. The van der Waals surface area contributed by atoms with E-state index >= 15 is 0 Å². The van der Waals surface area contributed by atoms with Crippen LogP contribution in [0.1, 0.15) is 32.4 Å². The molecular weight excluding hydrogens is 243 g/mol. The predicted molar refractivity (Wildman–Crippen MR) is 75.8 cm³/mol. The SMILES string of the molecule is CC(C)CNC(C)c1c[nH]c(=O)c2c(F)cccc12. The molecule has 1 aromatic carbocycles. The van der Waals surface area contributed by atoms with Crippen LogP contribution in [0.3, 0.4) is 0 Å². The van der Waals surface area contributed by atoms with E-state index in [1.165, 1.54) is 6.07 Å². The van der Waals surface area contributed by atoms with Gasteiger partial charge in [0.2, 0.25) is 0 Å². The lowest BCUT2D eigenvalue weighted by atomic mass is 10.0. The van der Waals surface area contributed by atoms with Gasteiger partial charge in [-0.25, -0.2) is 4.39 Å². The van der Waals surface area contributed by atoms with E-state index in [1.807, 2.05) is 6.92 Å². The molecule has 1 unspecified atom stereocenters. The molecule has 0 saturated heterocycles. The molecule has 1 atom stereocenters. The molecule has 0 fully saturated rings. The van der Waals surface area contributed by atoms with Crippen molar-refractivity contribution in [3.8, 4) is 0 Å². The second-order valence-electron chi connectivity index (χ2n) is 5.26. The topological polar surface area (TPSA) is 44.9 Å². The fourth-order valence-electron chi connectivity index (χ4n) is 2.17. The Bertz CT molecular complexity index is 634. The van der Waals surface area contributed by atoms with Crippen molar-refractivity contribution in [2.75, 3.05) is 6.54 Å². The van der Waals surface area contributed by atoms with Gasteiger partial charge < -0.3 is 10.3 Å². The molecule has 4 heteroatoms. The van der Waals surface area contributed by atoms with Crippen molar-refractivity contribution < 1.29 is 4.39 Å². The maximum Gasteiger partial charge on any atom is 0.258 e. The standard InChI is InChI=1S/C15H19FN2O/c1-9(2)7-17-10(3)12-8-18-15(19)14-11(12)5-4-6-13(14)16/h4-6,8-10,17H,7H2,1-3H3,(H,18,19). The molecule has 0 saturated carbocycles. The highest BCUT2D eigenvalue weighted by atomic mass is 19.1. The highest BCUT2D eigenvalue weighted by Crippen LogP contribution is 2.22. The number of H-pyrrole nitrogens is 1. The number of aromatic nitrogens is 1. The van der Waals surface area contributed by atoms with Gasteiger partial charge in [-0.1, -0.05) is 26.0 Å². The van der Waals surface area contributed by atoms with Crippen LogP contribution < -0.4 is 10.9 Å². The molecule has 19 heavy (non-hydrogen) atoms. The van der Waals surface area contributed by atoms with Crippen molar-refractivity contribution in [1.29, 1.82) is 0 Å². The third-order valence-corrected chi connectivity index (χ3v) is 3.21. The summed E-state index contributed by atoms with van der Waals surface area (Å²) in [7, 11) is 0. The van der Waals surface area contributed by atoms with Gasteiger partial charge in [0.15, 0.2) is 0 Å². The number of rotatable bonds is 4. The molecule has 0 aliphatic heterocycles. The first kappa shape index (κ1) is 13.7. The van der Waals surface area contributed by atoms with Gasteiger partial charge in [0, 0.05) is 12.2 Å². The lowest BCUT2D eigenvalue weighted by Gasteiger charge is -2.17. The molecule has 1 aromatic heterocycles. The number of hydrogen-bond acceptors (Lipinski definition) is 2. The fourth-order valence-corrected chi connectivity index (χ4v) is 2.17. The van der Waals surface area contributed by atoms with Crippen LogP contribution in [0.2, 0.25) is 0 Å². The normalized spacial score (nSPS) is 13.1. The van der Waals surface area contributed by atoms with Crippen molar-refractivity contribution >= 4 is 10.8 Å². The maximum absolute atomic E-state index is 13.8. The quantitative estimate of drug-likeness (QED) is 0.889. The molecule has 2 rings (SSSR count). The Morgan fingerprint density at radius 2 is 2.05 bits per heavy atom. The lowest BCUT2D eigenvalue weighted by molar-refractivity contribution is 0.497. The summed E-state index contributed by atoms with van der Waals surface area (Å²) in [6.45, 7) is 7.15. The van der Waals surface area contributed by atoms with Crippen molar-refractivity contribution in [2.45, 2.75) is 26.8 Å². The number of fused-ring (bicyclic) bond motifs is 1. The van der Waals surface area contributed by atoms with E-state index < -0.39 is 5.82 Å². The van der Waals surface area contributed by atoms with Crippen LogP contribution in [0.15, 0.2) is 29.2 Å². The number of nitrogens with one attached hydrogen (secondary N) is 2. The summed E-state index contributed by atoms with van der Waals surface area (Å²) >= 11 is 0. The monoisotopic (exact) mass is 262 g/mol. The van der Waals surface area contributed by atoms with Crippen molar-refractivity contribution in [3.63, 3.8) is 0 Å². The molecule has 3 nitrogen and oxygen atoms in total. The minimum Gasteiger partial charge on any atom is -0.328 e. The second kappa shape index (κ2) is 5.53. The van der Waals surface area contributed by atoms with E-state index in [0.29, 0.717) is 11.3 Å². The van der Waals surface area contributed by atoms with Gasteiger partial charge in [-0.05, 0) is 36.4 Å². The Hall–Kier alpha value is -1.68. The molecular formula is C15H19FN2O. The molecule has 2 aromatic rings. The molecule has 0 radical (unpaired) electrons. The smallest absolute Gasteiger partial charge is 0.258 e. The third-order valence-electron chi connectivity index (χ3n) is 3.21. The fraction of sp³-hybridized carbons (Fsp3) is 0.400. The molecule has 0 bridgehead atoms. The van der Waals surface area contributed by atoms with Crippen LogP contribution in [0.25, 0.3) is 10.8 Å². The minimum atomic E-state index is -0.475. The largest absolute Gasteiger partial charge is 0.328 e. The van der Waals surface area contributed by atoms with Gasteiger partial charge in [-0.2, -0.15) is 0 Å². The van der Waals surface area contributed by atoms with E-state index in [9.17, 15) is 9.18 Å². The van der Waals surface area contributed by atoms with Crippen LogP contribution in [-0.2, 0) is 0 Å². The van der Waals surface area contributed by atoms with E-state index in [4.69, 9.17) is 0 Å². The zero-order chi connectivity index (χ0) is 14.0. The highest BCUT2D eigenvalue weighted by molar-refractivity contribution is 5.85. The second-order valence-corrected chi connectivity index (χ2v) is 5.26. The molecule has 102 valence electrons. The van der Waals surface area contributed by atoms with Crippen LogP contribution in [0.5, 0.6) is 0 Å². The van der Waals surface area contributed by atoms with E-state index in [2.05, 4.69) is 24.1 Å². The Morgan fingerprint density at radius 1 is 1.32 bits per heavy atom. The third kappa shape index (κ3) is 2.84. The number of halogens is 1. The molecule has 1 heterocycles. The Labute approximate surface area is 111 Å². The first-order valence-corrected chi connectivity index (χ1v) is 6.54. The van der Waals surface area contributed by atoms with E-state index in [-0.39, 0.29) is 17.0 Å². The van der Waals surface area contributed by atoms with Crippen molar-refractivity contribution in [3.05, 3.63) is 46.1 Å². The summed E-state index contributed by atoms with van der Waals surface area (Å²) < 4.78 is 13.8. The zero-order valence-corrected chi connectivity index (χ0v) is 11.5. The minimum absolute atomic E-state index is 0.0588. The van der Waals surface area contributed by atoms with Crippen molar-refractivity contribution in [1.82, 2.24) is 10.3 Å². The van der Waals surface area contributed by atoms with Gasteiger partial charge in [0.05, 0.1) is 5.39 Å². The molecule has 2 N–H and O–H groups in total. The molecule has 0 aliphatic rings. The summed E-state index contributed by atoms with van der Waals surface area (Å²) in [4.78, 5) is 14.3. The van der Waals surface area contributed by atoms with Crippen LogP contribution in [0, 0.1) is 11.7 Å². The number of benzene rings is 1. The Morgan fingerprint density at radius 3 is 2.74 bits per heavy atom. The van der Waals surface area contributed by atoms with Crippen LogP contribution in [-0.4, -0.2) is 11.5 Å². The average molecular weight is 262 g/mol. The summed E-state index contributed by atoms with van der Waals surface area (Å²) in [5, 5.41) is 4.20. The number of aromatic amines is 1. The van der Waals surface area contributed by atoms with Gasteiger partial charge >= 0.3 is 0 Å². The summed E-state index contributed by atoms with van der Waals surface area (Å²) in [6, 6.07) is 4.79. The first-order chi connectivity index (χ1) is 9.00. The molecule has 0 amide bonds. The predicted octanol–water partition coefficient (Wildman–Crippen LogP) is 2.97. The summed E-state index contributed by atoms with van der Waals surface area (Å²) in [6.07, 6.45) is 1.67. The zero-order valence-electron chi connectivity index (χ0n) is 11.5. The van der Waals surface area contributed by atoms with Gasteiger partial charge in [-0.3, -0.25) is 4.79 Å². The van der Waals surface area contributed by atoms with E-state index in [1.54, 1.807) is 18.3 Å². The van der Waals surface area contributed by atoms with E-state index in [0.717, 1.165) is 12.1 Å². The number of pyridine rings is 1. The molecule has 0 spiro atoms. The first-order valence-electron chi connectivity index (χ1n) is 6.54. The molecule has 0 aliphatic carbocycles. The lowest BCUT2D eigenvalue weighted by Crippen LogP contribution is -2.24. The van der Waals surface area contributed by atoms with Crippen molar-refractivity contribution in [2.24, 2.45) is 5.92 Å². The Kier molecular flexibility index (Phi) is 4.00. The highest BCUT2D eigenvalue weighted by Gasteiger charge is 2.13. The maximum atomic E-state index is 13.8.